The minimum atomic E-state index is -0.434. The molecular weight excluding hydrogens is 396 g/mol. The molecule has 0 aliphatic heterocycles. The predicted molar refractivity (Wildman–Crippen MR) is 118 cm³/mol. The molecule has 1 aromatic carbocycles. The van der Waals surface area contributed by atoms with E-state index in [0.29, 0.717) is 35.9 Å². The van der Waals surface area contributed by atoms with E-state index in [0.717, 1.165) is 29.5 Å². The Morgan fingerprint density at radius 3 is 2.35 bits per heavy atom. The zero-order valence-corrected chi connectivity index (χ0v) is 18.9. The quantitative estimate of drug-likeness (QED) is 0.382. The van der Waals surface area contributed by atoms with Gasteiger partial charge in [0.2, 0.25) is 5.78 Å². The molecule has 7 nitrogen and oxygen atoms in total. The van der Waals surface area contributed by atoms with E-state index >= 15 is 0 Å². The lowest BCUT2D eigenvalue weighted by Gasteiger charge is -2.16. The van der Waals surface area contributed by atoms with Gasteiger partial charge >= 0.3 is 5.97 Å². The highest BCUT2D eigenvalue weighted by Crippen LogP contribution is 2.30. The molecule has 1 heterocycles. The van der Waals surface area contributed by atoms with Gasteiger partial charge in [0.25, 0.3) is 0 Å². The van der Waals surface area contributed by atoms with E-state index in [4.69, 9.17) is 14.2 Å². The van der Waals surface area contributed by atoms with Crippen LogP contribution in [0.1, 0.15) is 51.9 Å². The van der Waals surface area contributed by atoms with Crippen molar-refractivity contribution in [3.8, 4) is 11.5 Å². The van der Waals surface area contributed by atoms with Crippen LogP contribution in [0.4, 0.5) is 0 Å². The second-order valence-electron chi connectivity index (χ2n) is 7.73. The van der Waals surface area contributed by atoms with Crippen LogP contribution in [-0.4, -0.2) is 56.1 Å². The van der Waals surface area contributed by atoms with Crippen molar-refractivity contribution < 1.29 is 23.8 Å². The van der Waals surface area contributed by atoms with Crippen LogP contribution in [0.15, 0.2) is 36.0 Å². The molecule has 166 valence electrons. The van der Waals surface area contributed by atoms with E-state index in [9.17, 15) is 9.59 Å². The number of carbonyl (C=O) groups is 2. The lowest BCUT2D eigenvalue weighted by atomic mass is 10.1. The number of hydrogen-bond donors (Lipinski definition) is 0. The number of Topliss-reactive ketones (excluding diaryl/α,β-unsaturated/α-hetero) is 1. The highest BCUT2D eigenvalue weighted by molar-refractivity contribution is 6.10. The molecule has 7 heteroatoms. The van der Waals surface area contributed by atoms with Crippen LogP contribution in [0, 0.1) is 0 Å². The average molecular weight is 427 g/mol. The Morgan fingerprint density at radius 2 is 1.77 bits per heavy atom. The van der Waals surface area contributed by atoms with Gasteiger partial charge in [-0.05, 0) is 55.5 Å². The molecule has 3 rings (SSSR count). The van der Waals surface area contributed by atoms with Crippen LogP contribution >= 0.6 is 0 Å². The number of rotatable bonds is 7. The number of carbonyl (C=O) groups excluding carboxylic acids is 2. The van der Waals surface area contributed by atoms with Crippen LogP contribution in [-0.2, 0) is 17.7 Å². The SMILES string of the molecule is CCOC(=O)c1cc2c(n1Cc1cc(OC)cc(OC)c1)C(=O)/C(=C/N(C)C)CCC2. The lowest BCUT2D eigenvalue weighted by molar-refractivity contribution is 0.0514. The average Bonchev–Trinajstić information content (AvgIpc) is 3.02. The van der Waals surface area contributed by atoms with Crippen molar-refractivity contribution >= 4 is 11.8 Å². The smallest absolute Gasteiger partial charge is 0.354 e. The summed E-state index contributed by atoms with van der Waals surface area (Å²) < 4.78 is 17.8. The number of aryl methyl sites for hydroxylation is 1. The minimum Gasteiger partial charge on any atom is -0.497 e. The van der Waals surface area contributed by atoms with Crippen molar-refractivity contribution in [1.29, 1.82) is 0 Å². The van der Waals surface area contributed by atoms with Gasteiger partial charge in [0.1, 0.15) is 17.2 Å². The number of esters is 1. The molecule has 2 aromatic rings. The van der Waals surface area contributed by atoms with Gasteiger partial charge in [-0.3, -0.25) is 4.79 Å². The van der Waals surface area contributed by atoms with Crippen molar-refractivity contribution in [3.05, 3.63) is 58.6 Å². The Balaban J connectivity index is 2.15. The Hall–Kier alpha value is -3.22. The molecule has 1 aliphatic rings. The Bertz CT molecular complexity index is 981. The number of ketones is 1. The molecular formula is C24H30N2O5. The van der Waals surface area contributed by atoms with E-state index in [1.807, 2.05) is 37.3 Å². The molecule has 0 fully saturated rings. The first kappa shape index (κ1) is 22.5. The van der Waals surface area contributed by atoms with Gasteiger partial charge < -0.3 is 23.7 Å². The number of methoxy groups -OCH3 is 2. The first-order chi connectivity index (χ1) is 14.9. The van der Waals surface area contributed by atoms with Gasteiger partial charge in [0.05, 0.1) is 26.5 Å². The molecule has 0 radical (unpaired) electrons. The van der Waals surface area contributed by atoms with E-state index in [2.05, 4.69) is 0 Å². The maximum atomic E-state index is 13.5. The number of hydrogen-bond acceptors (Lipinski definition) is 6. The molecule has 0 unspecified atom stereocenters. The van der Waals surface area contributed by atoms with E-state index in [-0.39, 0.29) is 12.4 Å². The van der Waals surface area contributed by atoms with E-state index < -0.39 is 5.97 Å². The molecule has 1 aliphatic carbocycles. The summed E-state index contributed by atoms with van der Waals surface area (Å²) in [6.45, 7) is 2.35. The number of allylic oxidation sites excluding steroid dienone is 1. The number of ether oxygens (including phenoxy) is 3. The van der Waals surface area contributed by atoms with Crippen LogP contribution in [0.3, 0.4) is 0 Å². The fraction of sp³-hybridized carbons (Fsp3) is 0.417. The lowest BCUT2D eigenvalue weighted by Crippen LogP contribution is -2.19. The van der Waals surface area contributed by atoms with Gasteiger partial charge in [-0.1, -0.05) is 0 Å². The topological polar surface area (TPSA) is 70.0 Å². The number of benzene rings is 1. The van der Waals surface area contributed by atoms with Crippen molar-refractivity contribution in [1.82, 2.24) is 9.47 Å². The number of nitrogens with zero attached hydrogens (tertiary/aromatic N) is 2. The molecule has 1 aromatic heterocycles. The van der Waals surface area contributed by atoms with Gasteiger partial charge in [-0.2, -0.15) is 0 Å². The molecule has 0 atom stereocenters. The van der Waals surface area contributed by atoms with Gasteiger partial charge in [0.15, 0.2) is 0 Å². The summed E-state index contributed by atoms with van der Waals surface area (Å²) >= 11 is 0. The van der Waals surface area contributed by atoms with Crippen LogP contribution < -0.4 is 9.47 Å². The zero-order valence-electron chi connectivity index (χ0n) is 18.9. The third kappa shape index (κ3) is 4.93. The minimum absolute atomic E-state index is 0.0494. The third-order valence-corrected chi connectivity index (χ3v) is 5.23. The van der Waals surface area contributed by atoms with E-state index in [1.54, 1.807) is 37.8 Å². The highest BCUT2D eigenvalue weighted by Gasteiger charge is 2.29. The summed E-state index contributed by atoms with van der Waals surface area (Å²) in [5.41, 5.74) is 3.41. The molecule has 0 saturated heterocycles. The van der Waals surface area contributed by atoms with Crippen LogP contribution in [0.2, 0.25) is 0 Å². The van der Waals surface area contributed by atoms with Gasteiger partial charge in [-0.25, -0.2) is 4.79 Å². The molecule has 0 N–H and O–H groups in total. The van der Waals surface area contributed by atoms with Crippen molar-refractivity contribution in [2.75, 3.05) is 34.9 Å². The van der Waals surface area contributed by atoms with Gasteiger partial charge in [0, 0.05) is 38.5 Å². The maximum absolute atomic E-state index is 13.5. The second kappa shape index (κ2) is 9.73. The molecule has 31 heavy (non-hydrogen) atoms. The Kier molecular flexibility index (Phi) is 7.05. The first-order valence-corrected chi connectivity index (χ1v) is 10.4. The monoisotopic (exact) mass is 426 g/mol. The largest absolute Gasteiger partial charge is 0.497 e. The fourth-order valence-corrected chi connectivity index (χ4v) is 3.91. The fourth-order valence-electron chi connectivity index (χ4n) is 3.91. The van der Waals surface area contributed by atoms with Gasteiger partial charge in [-0.15, -0.1) is 0 Å². The summed E-state index contributed by atoms with van der Waals surface area (Å²) in [6.07, 6.45) is 4.14. The summed E-state index contributed by atoms with van der Waals surface area (Å²) in [5, 5.41) is 0. The zero-order chi connectivity index (χ0) is 22.5. The summed E-state index contributed by atoms with van der Waals surface area (Å²) in [5.74, 6) is 0.803. The van der Waals surface area contributed by atoms with E-state index in [1.165, 1.54) is 0 Å². The molecule has 0 bridgehead atoms. The summed E-state index contributed by atoms with van der Waals surface area (Å²) in [6, 6.07) is 7.35. The first-order valence-electron chi connectivity index (χ1n) is 10.4. The summed E-state index contributed by atoms with van der Waals surface area (Å²) in [4.78, 5) is 28.1. The maximum Gasteiger partial charge on any atom is 0.354 e. The van der Waals surface area contributed by atoms with Crippen LogP contribution in [0.5, 0.6) is 11.5 Å². The van der Waals surface area contributed by atoms with Crippen molar-refractivity contribution in [2.45, 2.75) is 32.7 Å². The van der Waals surface area contributed by atoms with Crippen LogP contribution in [0.25, 0.3) is 0 Å². The third-order valence-electron chi connectivity index (χ3n) is 5.23. The molecule has 0 amide bonds. The molecule has 0 spiro atoms. The normalized spacial score (nSPS) is 14.7. The van der Waals surface area contributed by atoms with Crippen molar-refractivity contribution in [3.63, 3.8) is 0 Å². The van der Waals surface area contributed by atoms with Crippen molar-refractivity contribution in [2.24, 2.45) is 0 Å². The standard InChI is InChI=1S/C24H30N2O5/c1-6-31-24(28)21-12-17-8-7-9-18(15-25(2)3)23(27)22(17)26(21)14-16-10-19(29-4)13-20(11-16)30-5/h10-13,15H,6-9,14H2,1-5H3/b18-15+. The second-order valence-corrected chi connectivity index (χ2v) is 7.73. The molecule has 0 saturated carbocycles. The predicted octanol–water partition coefficient (Wildman–Crippen LogP) is 3.69. The Labute approximate surface area is 183 Å². The Morgan fingerprint density at radius 1 is 1.10 bits per heavy atom. The summed E-state index contributed by atoms with van der Waals surface area (Å²) in [7, 11) is 6.98. The highest BCUT2D eigenvalue weighted by atomic mass is 16.5. The number of fused-ring (bicyclic) bond motifs is 1. The number of aromatic nitrogens is 1.